The summed E-state index contributed by atoms with van der Waals surface area (Å²) in [5.41, 5.74) is 5.61. The Bertz CT molecular complexity index is 586. The summed E-state index contributed by atoms with van der Waals surface area (Å²) in [4.78, 5) is 34.4. The van der Waals surface area contributed by atoms with Gasteiger partial charge in [-0.15, -0.1) is 0 Å². The summed E-state index contributed by atoms with van der Waals surface area (Å²) in [7, 11) is 0. The maximum Gasteiger partial charge on any atom is 0.364 e. The van der Waals surface area contributed by atoms with E-state index in [1.165, 1.54) is 0 Å². The Morgan fingerprint density at radius 1 is 1.32 bits per heavy atom. The maximum atomic E-state index is 11.8. The summed E-state index contributed by atoms with van der Waals surface area (Å²) in [5.74, 6) is -6.37. The van der Waals surface area contributed by atoms with Crippen molar-refractivity contribution < 1.29 is 49.4 Å². The lowest BCUT2D eigenvalue weighted by Crippen LogP contribution is -2.67. The van der Waals surface area contributed by atoms with Gasteiger partial charge in [0.1, 0.15) is 31.0 Å². The Morgan fingerprint density at radius 3 is 2.36 bits per heavy atom. The van der Waals surface area contributed by atoms with Gasteiger partial charge in [0.15, 0.2) is 0 Å². The summed E-state index contributed by atoms with van der Waals surface area (Å²) in [6.45, 7) is 3.76. The topological polar surface area (TPSA) is 209 Å². The SMILES string of the molecule is CC(=O)NC1C(O)CC(O)(C(=O)O)OC1C(O)C(O)COC(=O)[C@@H](N)C(C)C. The first-order valence-electron chi connectivity index (χ1n) is 8.67. The van der Waals surface area contributed by atoms with Crippen LogP contribution in [0.5, 0.6) is 0 Å². The molecule has 1 aliphatic rings. The number of esters is 1. The van der Waals surface area contributed by atoms with Crippen LogP contribution in [0.1, 0.15) is 27.2 Å². The molecule has 0 saturated carbocycles. The smallest absolute Gasteiger partial charge is 0.364 e. The molecule has 6 unspecified atom stereocenters. The van der Waals surface area contributed by atoms with Gasteiger partial charge in [-0.05, 0) is 5.92 Å². The van der Waals surface area contributed by atoms with Crippen LogP contribution < -0.4 is 11.1 Å². The van der Waals surface area contributed by atoms with Crippen molar-refractivity contribution in [3.63, 3.8) is 0 Å². The van der Waals surface area contributed by atoms with Gasteiger partial charge in [-0.25, -0.2) is 4.79 Å². The summed E-state index contributed by atoms with van der Waals surface area (Å²) in [6.07, 6.45) is -7.83. The third-order valence-electron chi connectivity index (χ3n) is 4.41. The van der Waals surface area contributed by atoms with Crippen molar-refractivity contribution in [1.29, 1.82) is 0 Å². The van der Waals surface area contributed by atoms with E-state index >= 15 is 0 Å². The van der Waals surface area contributed by atoms with E-state index in [1.807, 2.05) is 0 Å². The molecule has 8 N–H and O–H groups in total. The van der Waals surface area contributed by atoms with E-state index in [2.05, 4.69) is 5.32 Å². The van der Waals surface area contributed by atoms with Crippen LogP contribution in [0.3, 0.4) is 0 Å². The number of nitrogens with two attached hydrogens (primary N) is 1. The standard InChI is InChI=1S/C16H28N2O10/c1-6(2)10(17)14(23)27-5-9(21)12(22)13-11(18-7(3)19)8(20)4-16(26,28-13)15(24)25/h6,8-13,20-22,26H,4-5,17H2,1-3H3,(H,18,19)(H,24,25)/t8?,9?,10-,11?,12?,13?,16?/m0/s1. The summed E-state index contributed by atoms with van der Waals surface area (Å²) >= 11 is 0. The molecule has 0 spiro atoms. The molecule has 0 aromatic heterocycles. The van der Waals surface area contributed by atoms with Crippen molar-refractivity contribution in [3.8, 4) is 0 Å². The lowest BCUT2D eigenvalue weighted by Gasteiger charge is -2.44. The zero-order valence-electron chi connectivity index (χ0n) is 15.8. The average molecular weight is 408 g/mol. The van der Waals surface area contributed by atoms with E-state index in [4.69, 9.17) is 20.3 Å². The van der Waals surface area contributed by atoms with Crippen LogP contribution >= 0.6 is 0 Å². The lowest BCUT2D eigenvalue weighted by atomic mass is 9.88. The van der Waals surface area contributed by atoms with Gasteiger partial charge in [0, 0.05) is 13.3 Å². The fraction of sp³-hybridized carbons (Fsp3) is 0.812. The van der Waals surface area contributed by atoms with Gasteiger partial charge in [-0.2, -0.15) is 0 Å². The van der Waals surface area contributed by atoms with Crippen LogP contribution in [-0.4, -0.2) is 92.3 Å². The summed E-state index contributed by atoms with van der Waals surface area (Å²) in [6, 6.07) is -2.29. The summed E-state index contributed by atoms with van der Waals surface area (Å²) < 4.78 is 9.82. The second-order valence-electron chi connectivity index (χ2n) is 7.13. The molecule has 1 amide bonds. The molecule has 1 aliphatic heterocycles. The Balaban J connectivity index is 2.93. The highest BCUT2D eigenvalue weighted by atomic mass is 16.7. The van der Waals surface area contributed by atoms with E-state index in [0.717, 1.165) is 6.92 Å². The van der Waals surface area contributed by atoms with Crippen LogP contribution in [0.25, 0.3) is 0 Å². The molecule has 1 saturated heterocycles. The Labute approximate surface area is 161 Å². The number of hydrogen-bond donors (Lipinski definition) is 7. The zero-order valence-corrected chi connectivity index (χ0v) is 15.8. The molecule has 12 heteroatoms. The van der Waals surface area contributed by atoms with Gasteiger partial charge in [-0.1, -0.05) is 13.8 Å². The molecule has 0 aromatic rings. The predicted octanol–water partition coefficient (Wildman–Crippen LogP) is -3.34. The third kappa shape index (κ3) is 5.83. The maximum absolute atomic E-state index is 11.8. The van der Waals surface area contributed by atoms with Crippen molar-refractivity contribution in [2.24, 2.45) is 11.7 Å². The first-order valence-corrected chi connectivity index (χ1v) is 8.67. The van der Waals surface area contributed by atoms with Crippen molar-refractivity contribution in [1.82, 2.24) is 5.32 Å². The van der Waals surface area contributed by atoms with Gasteiger partial charge in [0.2, 0.25) is 5.91 Å². The van der Waals surface area contributed by atoms with Crippen LogP contribution in [0.2, 0.25) is 0 Å². The highest BCUT2D eigenvalue weighted by Gasteiger charge is 2.54. The van der Waals surface area contributed by atoms with Crippen molar-refractivity contribution in [3.05, 3.63) is 0 Å². The van der Waals surface area contributed by atoms with Gasteiger partial charge in [0.05, 0.1) is 12.1 Å². The number of nitrogens with one attached hydrogen (secondary N) is 1. The minimum Gasteiger partial charge on any atom is -0.477 e. The van der Waals surface area contributed by atoms with Crippen LogP contribution in [0.4, 0.5) is 0 Å². The molecule has 162 valence electrons. The monoisotopic (exact) mass is 408 g/mol. The first-order chi connectivity index (χ1) is 12.8. The highest BCUT2D eigenvalue weighted by molar-refractivity contribution is 5.76. The number of carbonyl (C=O) groups is 3. The molecule has 1 fully saturated rings. The molecular weight excluding hydrogens is 380 g/mol. The van der Waals surface area contributed by atoms with Gasteiger partial charge >= 0.3 is 11.9 Å². The van der Waals surface area contributed by atoms with E-state index in [0.29, 0.717) is 0 Å². The normalized spacial score (nSPS) is 31.0. The number of aliphatic carboxylic acids is 1. The van der Waals surface area contributed by atoms with Crippen LogP contribution in [-0.2, 0) is 23.9 Å². The number of aliphatic hydroxyl groups is 4. The average Bonchev–Trinajstić information content (AvgIpc) is 2.59. The molecule has 0 bridgehead atoms. The van der Waals surface area contributed by atoms with E-state index in [9.17, 15) is 34.8 Å². The molecule has 28 heavy (non-hydrogen) atoms. The van der Waals surface area contributed by atoms with E-state index < -0.39 is 73.2 Å². The lowest BCUT2D eigenvalue weighted by molar-refractivity contribution is -0.295. The number of amides is 1. The molecule has 0 aromatic carbocycles. The number of aliphatic hydroxyl groups excluding tert-OH is 3. The van der Waals surface area contributed by atoms with Crippen molar-refractivity contribution in [2.75, 3.05) is 6.61 Å². The molecule has 0 aliphatic carbocycles. The van der Waals surface area contributed by atoms with E-state index in [-0.39, 0.29) is 5.92 Å². The molecule has 0 radical (unpaired) electrons. The Hall–Kier alpha value is -1.83. The highest BCUT2D eigenvalue weighted by Crippen LogP contribution is 2.30. The molecule has 1 heterocycles. The number of ether oxygens (including phenoxy) is 2. The minimum absolute atomic E-state index is 0.235. The van der Waals surface area contributed by atoms with Crippen molar-refractivity contribution in [2.45, 2.75) is 69.5 Å². The Morgan fingerprint density at radius 2 is 1.89 bits per heavy atom. The quantitative estimate of drug-likeness (QED) is 0.197. The van der Waals surface area contributed by atoms with Gasteiger partial charge in [-0.3, -0.25) is 9.59 Å². The number of hydrogen-bond acceptors (Lipinski definition) is 10. The predicted molar refractivity (Wildman–Crippen MR) is 91.5 cm³/mol. The fourth-order valence-corrected chi connectivity index (χ4v) is 2.66. The molecule has 1 rings (SSSR count). The first kappa shape index (κ1) is 24.2. The molecule has 12 nitrogen and oxygen atoms in total. The van der Waals surface area contributed by atoms with Crippen LogP contribution in [0.15, 0.2) is 0 Å². The summed E-state index contributed by atoms with van der Waals surface area (Å²) in [5, 5.41) is 52.0. The largest absolute Gasteiger partial charge is 0.477 e. The number of carbonyl (C=O) groups excluding carboxylic acids is 2. The Kier molecular flexibility index (Phi) is 8.29. The molecule has 7 atom stereocenters. The van der Waals surface area contributed by atoms with E-state index in [1.54, 1.807) is 13.8 Å². The third-order valence-corrected chi connectivity index (χ3v) is 4.41. The number of rotatable bonds is 8. The minimum atomic E-state index is -2.85. The second kappa shape index (κ2) is 9.58. The fourth-order valence-electron chi connectivity index (χ4n) is 2.66. The number of carboxylic acid groups (broad SMARTS) is 1. The molecular formula is C16H28N2O10. The van der Waals surface area contributed by atoms with Gasteiger partial charge < -0.3 is 46.1 Å². The van der Waals surface area contributed by atoms with Gasteiger partial charge in [0.25, 0.3) is 5.79 Å². The second-order valence-corrected chi connectivity index (χ2v) is 7.13. The number of carboxylic acids is 1. The zero-order chi connectivity index (χ0) is 21.8. The van der Waals surface area contributed by atoms with Crippen LogP contribution in [0, 0.1) is 5.92 Å². The van der Waals surface area contributed by atoms with Crippen molar-refractivity contribution >= 4 is 17.8 Å².